The predicted octanol–water partition coefficient (Wildman–Crippen LogP) is 3.71. The number of rotatable bonds is 9. The van der Waals surface area contributed by atoms with Crippen molar-refractivity contribution in [3.63, 3.8) is 0 Å². The van der Waals surface area contributed by atoms with Crippen LogP contribution >= 0.6 is 39.1 Å². The summed E-state index contributed by atoms with van der Waals surface area (Å²) in [4.78, 5) is 35.1. The zero-order valence-corrected chi connectivity index (χ0v) is 20.6. The number of hydrazine groups is 1. The fourth-order valence-electron chi connectivity index (χ4n) is 2.80. The Kier molecular flexibility index (Phi) is 8.78. The summed E-state index contributed by atoms with van der Waals surface area (Å²) in [5, 5.41) is 7.64. The van der Waals surface area contributed by atoms with E-state index in [9.17, 15) is 9.59 Å². The molecule has 3 aromatic rings. The number of methoxy groups -OCH3 is 1. The maximum atomic E-state index is 13.2. The highest BCUT2D eigenvalue weighted by atomic mass is 79.9. The molecule has 0 aliphatic carbocycles. The summed E-state index contributed by atoms with van der Waals surface area (Å²) in [5.74, 6) is -0.840. The van der Waals surface area contributed by atoms with Crippen LogP contribution in [-0.4, -0.2) is 46.9 Å². The summed E-state index contributed by atoms with van der Waals surface area (Å²) in [6.07, 6.45) is 1.53. The molecule has 174 valence electrons. The van der Waals surface area contributed by atoms with Crippen molar-refractivity contribution in [1.82, 2.24) is 25.8 Å². The summed E-state index contributed by atoms with van der Waals surface area (Å²) >= 11 is 15.6. The molecule has 1 aromatic carbocycles. The summed E-state index contributed by atoms with van der Waals surface area (Å²) in [7, 11) is 1.53. The van der Waals surface area contributed by atoms with Crippen LogP contribution in [0.3, 0.4) is 0 Å². The van der Waals surface area contributed by atoms with Gasteiger partial charge in [-0.25, -0.2) is 9.67 Å². The van der Waals surface area contributed by atoms with Gasteiger partial charge in [0.1, 0.15) is 10.3 Å². The van der Waals surface area contributed by atoms with Gasteiger partial charge in [0.25, 0.3) is 11.8 Å². The number of nitrogens with zero attached hydrogens (tertiary/aromatic N) is 3. The Bertz CT molecular complexity index is 1170. The van der Waals surface area contributed by atoms with Crippen molar-refractivity contribution in [2.45, 2.75) is 6.92 Å². The minimum Gasteiger partial charge on any atom is -0.382 e. The Morgan fingerprint density at radius 3 is 2.70 bits per heavy atom. The number of ether oxygens (including phenoxy) is 1. The molecule has 2 heterocycles. The number of hydrogen-bond acceptors (Lipinski definition) is 7. The van der Waals surface area contributed by atoms with E-state index in [-0.39, 0.29) is 29.4 Å². The lowest BCUT2D eigenvalue weighted by Gasteiger charge is -2.15. The number of amides is 2. The van der Waals surface area contributed by atoms with Crippen molar-refractivity contribution in [3.05, 3.63) is 68.0 Å². The van der Waals surface area contributed by atoms with Crippen LogP contribution in [0.5, 0.6) is 0 Å². The second-order valence-electron chi connectivity index (χ2n) is 6.57. The monoisotopic (exact) mass is 556 g/mol. The number of aromatic nitrogens is 3. The molecule has 0 radical (unpaired) electrons. The van der Waals surface area contributed by atoms with E-state index in [4.69, 9.17) is 32.8 Å². The molecule has 3 rings (SSSR count). The molecule has 3 N–H and O–H groups in total. The number of carbonyl (C=O) groups is 2. The third-order valence-corrected chi connectivity index (χ3v) is 5.16. The minimum absolute atomic E-state index is 0.122. The van der Waals surface area contributed by atoms with Crippen LogP contribution < -0.4 is 16.3 Å². The Morgan fingerprint density at radius 2 is 1.97 bits per heavy atom. The fraction of sp³-hybridized carbons (Fsp3) is 0.200. The average Bonchev–Trinajstić information content (AvgIpc) is 3.17. The van der Waals surface area contributed by atoms with Gasteiger partial charge in [0.05, 0.1) is 29.5 Å². The van der Waals surface area contributed by atoms with Crippen LogP contribution in [0.4, 0.5) is 5.69 Å². The zero-order chi connectivity index (χ0) is 24.0. The van der Waals surface area contributed by atoms with E-state index in [1.807, 2.05) is 0 Å². The molecule has 0 bridgehead atoms. The number of pyridine rings is 1. The van der Waals surface area contributed by atoms with Crippen molar-refractivity contribution >= 4 is 56.6 Å². The van der Waals surface area contributed by atoms with E-state index in [0.717, 1.165) is 0 Å². The van der Waals surface area contributed by atoms with E-state index in [1.165, 1.54) is 30.1 Å². The largest absolute Gasteiger partial charge is 0.382 e. The maximum Gasteiger partial charge on any atom is 0.274 e. The Balaban J connectivity index is 1.88. The van der Waals surface area contributed by atoms with Gasteiger partial charge in [-0.15, -0.1) is 5.59 Å². The molecule has 0 unspecified atom stereocenters. The quantitative estimate of drug-likeness (QED) is 0.271. The van der Waals surface area contributed by atoms with Gasteiger partial charge in [-0.05, 0) is 52.7 Å². The molecule has 0 spiro atoms. The summed E-state index contributed by atoms with van der Waals surface area (Å²) < 4.78 is 6.56. The van der Waals surface area contributed by atoms with E-state index < -0.39 is 11.8 Å². The molecule has 0 aliphatic heterocycles. The molecule has 33 heavy (non-hydrogen) atoms. The maximum absolute atomic E-state index is 13.2. The number of hydrogen-bond donors (Lipinski definition) is 3. The van der Waals surface area contributed by atoms with Gasteiger partial charge in [0, 0.05) is 24.4 Å². The first-order valence-electron chi connectivity index (χ1n) is 9.45. The molecule has 0 aliphatic rings. The molecule has 13 heteroatoms. The van der Waals surface area contributed by atoms with Gasteiger partial charge < -0.3 is 10.1 Å². The lowest BCUT2D eigenvalue weighted by atomic mass is 10.1. The van der Waals surface area contributed by atoms with Gasteiger partial charge in [-0.3, -0.25) is 19.9 Å². The second-order valence-corrected chi connectivity index (χ2v) is 8.23. The van der Waals surface area contributed by atoms with Crippen molar-refractivity contribution in [2.75, 3.05) is 25.6 Å². The Labute approximate surface area is 207 Å². The number of nitrogens with one attached hydrogen (secondary N) is 3. The molecule has 10 nitrogen and oxygen atoms in total. The van der Waals surface area contributed by atoms with E-state index in [0.29, 0.717) is 26.8 Å². The number of halogens is 3. The van der Waals surface area contributed by atoms with Crippen molar-refractivity contribution in [2.24, 2.45) is 0 Å². The van der Waals surface area contributed by atoms with E-state index in [1.54, 1.807) is 25.1 Å². The van der Waals surface area contributed by atoms with Crippen LogP contribution in [0.1, 0.15) is 26.4 Å². The highest BCUT2D eigenvalue weighted by Crippen LogP contribution is 2.27. The number of aryl methyl sites for hydroxylation is 1. The van der Waals surface area contributed by atoms with E-state index in [2.05, 4.69) is 42.3 Å². The van der Waals surface area contributed by atoms with Crippen molar-refractivity contribution in [3.8, 4) is 5.82 Å². The zero-order valence-electron chi connectivity index (χ0n) is 17.5. The predicted molar refractivity (Wildman–Crippen MR) is 127 cm³/mol. The van der Waals surface area contributed by atoms with Crippen molar-refractivity contribution in [1.29, 1.82) is 0 Å². The third kappa shape index (κ3) is 6.28. The second kappa shape index (κ2) is 11.5. The smallest absolute Gasteiger partial charge is 0.274 e. The first-order valence-corrected chi connectivity index (χ1v) is 11.0. The van der Waals surface area contributed by atoms with Gasteiger partial charge in [-0.1, -0.05) is 23.2 Å². The summed E-state index contributed by atoms with van der Waals surface area (Å²) in [5.41, 5.74) is 5.81. The molecule has 0 saturated carbocycles. The molecule has 2 amide bonds. The van der Waals surface area contributed by atoms with Gasteiger partial charge >= 0.3 is 0 Å². The average molecular weight is 558 g/mol. The molecule has 0 saturated heterocycles. The number of anilines is 1. The molecule has 2 aromatic heterocycles. The van der Waals surface area contributed by atoms with Crippen molar-refractivity contribution < 1.29 is 19.2 Å². The van der Waals surface area contributed by atoms with Gasteiger partial charge in [0.15, 0.2) is 5.82 Å². The first-order chi connectivity index (χ1) is 15.8. The summed E-state index contributed by atoms with van der Waals surface area (Å²) in [6.45, 7) is 2.26. The topological polar surface area (TPSA) is 119 Å². The molecule has 0 fully saturated rings. The minimum atomic E-state index is -0.573. The first kappa shape index (κ1) is 25.1. The Morgan fingerprint density at radius 1 is 1.18 bits per heavy atom. The van der Waals surface area contributed by atoms with Crippen LogP contribution in [0.15, 0.2) is 41.1 Å². The highest BCUT2D eigenvalue weighted by Gasteiger charge is 2.22. The highest BCUT2D eigenvalue weighted by molar-refractivity contribution is 9.10. The van der Waals surface area contributed by atoms with Gasteiger partial charge in [-0.2, -0.15) is 5.10 Å². The van der Waals surface area contributed by atoms with Crippen LogP contribution in [0, 0.1) is 6.92 Å². The van der Waals surface area contributed by atoms with Crippen LogP contribution in [-0.2, 0) is 9.57 Å². The van der Waals surface area contributed by atoms with Crippen LogP contribution in [0.2, 0.25) is 10.0 Å². The van der Waals surface area contributed by atoms with Crippen LogP contribution in [0.25, 0.3) is 5.82 Å². The number of carbonyl (C=O) groups excluding carboxylic acids is 2. The fourth-order valence-corrected chi connectivity index (χ4v) is 3.65. The lowest BCUT2D eigenvalue weighted by Crippen LogP contribution is -2.38. The van der Waals surface area contributed by atoms with E-state index >= 15 is 0 Å². The van der Waals surface area contributed by atoms with Gasteiger partial charge in [0.2, 0.25) is 0 Å². The lowest BCUT2D eigenvalue weighted by molar-refractivity contribution is -0.0132. The standard InChI is InChI=1S/C20H19BrCl2N6O4/c1-11-8-12(22)9-13(19(30)26-28-33-7-6-32-2)17(11)25-20(31)15-10-16(21)27-29(15)18-14(23)4-3-5-24-18/h3-5,8-10,28H,6-7H2,1-2H3,(H,25,31)(H,26,30). The summed E-state index contributed by atoms with van der Waals surface area (Å²) in [6, 6.07) is 7.86. The normalized spacial score (nSPS) is 10.8. The Hall–Kier alpha value is -2.54. The number of benzene rings is 1. The molecule has 0 atom stereocenters. The SMILES string of the molecule is COCCONNC(=O)c1cc(Cl)cc(C)c1NC(=O)c1cc(Br)nn1-c1ncccc1Cl. The third-order valence-electron chi connectivity index (χ3n) is 4.26. The molecular weight excluding hydrogens is 539 g/mol. The molecular formula is C20H19BrCl2N6O4.